The van der Waals surface area contributed by atoms with Gasteiger partial charge in [0.05, 0.1) is 8.81 Å². The Morgan fingerprint density at radius 2 is 2.28 bits per heavy atom. The van der Waals surface area contributed by atoms with E-state index in [0.29, 0.717) is 20.6 Å². The van der Waals surface area contributed by atoms with Gasteiger partial charge in [0.25, 0.3) is 0 Å². The molecule has 3 nitrogen and oxygen atoms in total. The van der Waals surface area contributed by atoms with Crippen molar-refractivity contribution in [3.8, 4) is 0 Å². The second-order valence-electron chi connectivity index (χ2n) is 3.61. The number of thioether (sulfide) groups is 2. The fourth-order valence-electron chi connectivity index (χ4n) is 1.39. The lowest BCUT2D eigenvalue weighted by Crippen LogP contribution is -2.33. The molecule has 2 rings (SSSR count). The molecule has 0 bridgehead atoms. The first kappa shape index (κ1) is 15.5. The SMILES string of the molecule is O=S(=O)(NCC1CSCCS1)c1cc(Cl)c(Br)s1. The second-order valence-corrected chi connectivity index (χ2v) is 10.9. The molecule has 0 spiro atoms. The minimum Gasteiger partial charge on any atom is -0.209 e. The zero-order chi connectivity index (χ0) is 13.2. The highest BCUT2D eigenvalue weighted by Gasteiger charge is 2.21. The molecule has 1 aromatic rings. The number of nitrogens with one attached hydrogen (secondary N) is 1. The van der Waals surface area contributed by atoms with E-state index >= 15 is 0 Å². The van der Waals surface area contributed by atoms with Gasteiger partial charge in [0.15, 0.2) is 0 Å². The van der Waals surface area contributed by atoms with E-state index in [1.165, 1.54) is 6.07 Å². The lowest BCUT2D eigenvalue weighted by Gasteiger charge is -2.20. The van der Waals surface area contributed by atoms with Crippen molar-refractivity contribution in [2.75, 3.05) is 23.8 Å². The summed E-state index contributed by atoms with van der Waals surface area (Å²) in [5.41, 5.74) is 0. The van der Waals surface area contributed by atoms with Gasteiger partial charge >= 0.3 is 0 Å². The smallest absolute Gasteiger partial charge is 0.209 e. The molecule has 1 unspecified atom stereocenters. The van der Waals surface area contributed by atoms with Gasteiger partial charge in [-0.05, 0) is 22.0 Å². The monoisotopic (exact) mass is 407 g/mol. The van der Waals surface area contributed by atoms with Gasteiger partial charge in [-0.2, -0.15) is 23.5 Å². The third-order valence-electron chi connectivity index (χ3n) is 2.27. The average molecular weight is 409 g/mol. The second kappa shape index (κ2) is 6.69. The van der Waals surface area contributed by atoms with Crippen LogP contribution in [0.1, 0.15) is 0 Å². The molecule has 0 saturated carbocycles. The molecule has 1 atom stereocenters. The van der Waals surface area contributed by atoms with Crippen molar-refractivity contribution in [1.82, 2.24) is 4.72 Å². The average Bonchev–Trinajstić information content (AvgIpc) is 2.70. The molecule has 18 heavy (non-hydrogen) atoms. The predicted octanol–water partition coefficient (Wildman–Crippen LogP) is 3.29. The van der Waals surface area contributed by atoms with E-state index in [2.05, 4.69) is 20.7 Å². The molecule has 1 fully saturated rings. The molecule has 1 aromatic heterocycles. The van der Waals surface area contributed by atoms with Crippen molar-refractivity contribution >= 4 is 72.4 Å². The Balaban J connectivity index is 1.98. The standard InChI is InChI=1S/C9H11BrClNO2S4/c10-9-7(11)3-8(17-9)18(13,14)12-4-6-5-15-1-2-16-6/h3,6,12H,1-2,4-5H2. The molecule has 1 aliphatic heterocycles. The fraction of sp³-hybridized carbons (Fsp3) is 0.556. The van der Waals surface area contributed by atoms with Crippen molar-refractivity contribution in [3.63, 3.8) is 0 Å². The largest absolute Gasteiger partial charge is 0.250 e. The number of thiophene rings is 1. The van der Waals surface area contributed by atoms with E-state index in [-0.39, 0.29) is 4.21 Å². The minimum atomic E-state index is -3.43. The summed E-state index contributed by atoms with van der Waals surface area (Å²) in [6.07, 6.45) is 0. The van der Waals surface area contributed by atoms with Crippen molar-refractivity contribution in [1.29, 1.82) is 0 Å². The van der Waals surface area contributed by atoms with Crippen LogP contribution in [0.25, 0.3) is 0 Å². The van der Waals surface area contributed by atoms with Crippen LogP contribution in [0.5, 0.6) is 0 Å². The predicted molar refractivity (Wildman–Crippen MR) is 85.8 cm³/mol. The van der Waals surface area contributed by atoms with Crippen LogP contribution in [-0.4, -0.2) is 37.5 Å². The van der Waals surface area contributed by atoms with Crippen molar-refractivity contribution in [3.05, 3.63) is 14.9 Å². The Labute approximate surface area is 133 Å². The highest BCUT2D eigenvalue weighted by molar-refractivity contribution is 9.11. The lowest BCUT2D eigenvalue weighted by molar-refractivity contribution is 0.583. The number of hydrogen-bond donors (Lipinski definition) is 1. The van der Waals surface area contributed by atoms with E-state index in [0.717, 1.165) is 28.6 Å². The van der Waals surface area contributed by atoms with Crippen molar-refractivity contribution < 1.29 is 8.42 Å². The molecule has 0 amide bonds. The summed E-state index contributed by atoms with van der Waals surface area (Å²) in [5.74, 6) is 3.25. The molecule has 1 saturated heterocycles. The van der Waals surface area contributed by atoms with E-state index < -0.39 is 10.0 Å². The van der Waals surface area contributed by atoms with Gasteiger partial charge in [-0.25, -0.2) is 13.1 Å². The first-order chi connectivity index (χ1) is 8.49. The molecule has 0 radical (unpaired) electrons. The summed E-state index contributed by atoms with van der Waals surface area (Å²) >= 11 is 13.9. The number of sulfonamides is 1. The van der Waals surface area contributed by atoms with Crippen LogP contribution in [0, 0.1) is 0 Å². The van der Waals surface area contributed by atoms with Gasteiger partial charge < -0.3 is 0 Å². The maximum absolute atomic E-state index is 12.0. The first-order valence-electron chi connectivity index (χ1n) is 5.13. The maximum Gasteiger partial charge on any atom is 0.250 e. The van der Waals surface area contributed by atoms with Gasteiger partial charge in [-0.15, -0.1) is 11.3 Å². The van der Waals surface area contributed by atoms with E-state index in [1.54, 1.807) is 0 Å². The summed E-state index contributed by atoms with van der Waals surface area (Å²) in [6, 6.07) is 1.47. The third-order valence-corrected chi connectivity index (χ3v) is 9.49. The number of rotatable bonds is 4. The van der Waals surface area contributed by atoms with Crippen LogP contribution in [0.4, 0.5) is 0 Å². The topological polar surface area (TPSA) is 46.2 Å². The van der Waals surface area contributed by atoms with Crippen LogP contribution in [0.2, 0.25) is 5.02 Å². The molecule has 1 N–H and O–H groups in total. The Morgan fingerprint density at radius 1 is 1.50 bits per heavy atom. The van der Waals surface area contributed by atoms with Gasteiger partial charge in [0.2, 0.25) is 10.0 Å². The highest BCUT2D eigenvalue weighted by Crippen LogP contribution is 2.34. The van der Waals surface area contributed by atoms with Crippen LogP contribution < -0.4 is 4.72 Å². The molecule has 1 aliphatic rings. The van der Waals surface area contributed by atoms with Gasteiger partial charge in [0.1, 0.15) is 4.21 Å². The van der Waals surface area contributed by atoms with Crippen molar-refractivity contribution in [2.24, 2.45) is 0 Å². The zero-order valence-electron chi connectivity index (χ0n) is 9.19. The lowest BCUT2D eigenvalue weighted by atomic mass is 10.5. The molecule has 2 heterocycles. The van der Waals surface area contributed by atoms with Crippen LogP contribution >= 0.6 is 62.4 Å². The first-order valence-corrected chi connectivity index (χ1v) is 10.8. The quantitative estimate of drug-likeness (QED) is 0.830. The number of halogens is 2. The van der Waals surface area contributed by atoms with Gasteiger partial charge in [-0.3, -0.25) is 0 Å². The Morgan fingerprint density at radius 3 is 2.83 bits per heavy atom. The Hall–Kier alpha value is 1.08. The molecular formula is C9H11BrClNO2S4. The zero-order valence-corrected chi connectivity index (χ0v) is 14.8. The Kier molecular flexibility index (Phi) is 5.75. The van der Waals surface area contributed by atoms with E-state index in [9.17, 15) is 8.42 Å². The summed E-state index contributed by atoms with van der Waals surface area (Å²) in [6.45, 7) is 0.479. The summed E-state index contributed by atoms with van der Waals surface area (Å²) in [7, 11) is -3.43. The minimum absolute atomic E-state index is 0.257. The van der Waals surface area contributed by atoms with Gasteiger partial charge in [0, 0.05) is 29.1 Å². The van der Waals surface area contributed by atoms with Gasteiger partial charge in [-0.1, -0.05) is 11.6 Å². The third kappa shape index (κ3) is 4.04. The molecule has 9 heteroatoms. The molecule has 0 aromatic carbocycles. The maximum atomic E-state index is 12.0. The van der Waals surface area contributed by atoms with E-state index in [1.807, 2.05) is 23.5 Å². The normalized spacial score (nSPS) is 21.1. The highest BCUT2D eigenvalue weighted by atomic mass is 79.9. The van der Waals surface area contributed by atoms with E-state index in [4.69, 9.17) is 11.6 Å². The summed E-state index contributed by atoms with van der Waals surface area (Å²) in [5, 5.41) is 0.792. The molecule has 0 aliphatic carbocycles. The van der Waals surface area contributed by atoms with Crippen LogP contribution in [0.15, 0.2) is 14.1 Å². The van der Waals surface area contributed by atoms with Crippen LogP contribution in [-0.2, 0) is 10.0 Å². The number of hydrogen-bond acceptors (Lipinski definition) is 5. The summed E-state index contributed by atoms with van der Waals surface area (Å²) in [4.78, 5) is 0. The summed E-state index contributed by atoms with van der Waals surface area (Å²) < 4.78 is 27.6. The Bertz CT molecular complexity index is 493. The fourth-order valence-corrected chi connectivity index (χ4v) is 7.63. The molecular weight excluding hydrogens is 398 g/mol. The molecule has 102 valence electrons. The van der Waals surface area contributed by atoms with Crippen molar-refractivity contribution in [2.45, 2.75) is 9.46 Å². The van der Waals surface area contributed by atoms with Crippen LogP contribution in [0.3, 0.4) is 0 Å².